The zero-order chi connectivity index (χ0) is 13.3. The van der Waals surface area contributed by atoms with Gasteiger partial charge in [0.1, 0.15) is 5.82 Å². The van der Waals surface area contributed by atoms with E-state index in [1.54, 1.807) is 0 Å². The Bertz CT molecular complexity index is 392. The first-order valence-electron chi connectivity index (χ1n) is 6.53. The van der Waals surface area contributed by atoms with Gasteiger partial charge in [0, 0.05) is 10.7 Å². The quantitative estimate of drug-likeness (QED) is 0.760. The lowest BCUT2D eigenvalue weighted by atomic mass is 9.85. The zero-order valence-corrected chi connectivity index (χ0v) is 12.7. The molecular weight excluding hydrogens is 295 g/mol. The van der Waals surface area contributed by atoms with Gasteiger partial charge in [-0.05, 0) is 43.9 Å². The second-order valence-corrected chi connectivity index (χ2v) is 6.51. The molecule has 1 fully saturated rings. The molecule has 1 saturated heterocycles. The van der Waals surface area contributed by atoms with Gasteiger partial charge in [0.15, 0.2) is 0 Å². The van der Waals surface area contributed by atoms with Crippen LogP contribution in [0.25, 0.3) is 0 Å². The Morgan fingerprint density at radius 2 is 1.78 bits per heavy atom. The molecule has 2 rings (SSSR count). The molecule has 1 nitrogen and oxygen atoms in total. The molecule has 0 N–H and O–H groups in total. The van der Waals surface area contributed by atoms with E-state index in [1.165, 1.54) is 12.1 Å². The lowest BCUT2D eigenvalue weighted by Crippen LogP contribution is -2.28. The second-order valence-electron chi connectivity index (χ2n) is 5.33. The second kappa shape index (κ2) is 5.70. The topological polar surface area (TPSA) is 9.23 Å². The highest BCUT2D eigenvalue weighted by molar-refractivity contribution is 9.09. The predicted molar refractivity (Wildman–Crippen MR) is 75.5 cm³/mol. The maximum absolute atomic E-state index is 12.9. The maximum Gasteiger partial charge on any atom is 0.123 e. The molecule has 1 aromatic rings. The van der Waals surface area contributed by atoms with Crippen molar-refractivity contribution in [3.8, 4) is 0 Å². The third-order valence-electron chi connectivity index (χ3n) is 4.08. The minimum absolute atomic E-state index is 0.176. The van der Waals surface area contributed by atoms with Crippen LogP contribution < -0.4 is 0 Å². The fourth-order valence-electron chi connectivity index (χ4n) is 2.90. The van der Waals surface area contributed by atoms with E-state index in [2.05, 4.69) is 36.7 Å². The fourth-order valence-corrected chi connectivity index (χ4v) is 4.18. The largest absolute Gasteiger partial charge is 0.375 e. The minimum atomic E-state index is -0.176. The molecule has 0 saturated carbocycles. The van der Waals surface area contributed by atoms with E-state index in [0.717, 1.165) is 12.0 Å². The van der Waals surface area contributed by atoms with Crippen molar-refractivity contribution < 1.29 is 9.13 Å². The van der Waals surface area contributed by atoms with Crippen LogP contribution in [0.1, 0.15) is 26.3 Å². The van der Waals surface area contributed by atoms with Crippen LogP contribution >= 0.6 is 15.9 Å². The number of rotatable bonds is 3. The SMILES string of the molecule is CC1OC(C)C(C(Br)Cc2ccc(F)cc2)C1C. The Balaban J connectivity index is 2.03. The van der Waals surface area contributed by atoms with Crippen LogP contribution in [0.4, 0.5) is 4.39 Å². The lowest BCUT2D eigenvalue weighted by molar-refractivity contribution is 0.0511. The smallest absolute Gasteiger partial charge is 0.123 e. The van der Waals surface area contributed by atoms with Crippen molar-refractivity contribution in [2.24, 2.45) is 11.8 Å². The summed E-state index contributed by atoms with van der Waals surface area (Å²) in [6, 6.07) is 6.77. The van der Waals surface area contributed by atoms with E-state index in [0.29, 0.717) is 22.8 Å². The van der Waals surface area contributed by atoms with Gasteiger partial charge >= 0.3 is 0 Å². The summed E-state index contributed by atoms with van der Waals surface area (Å²) < 4.78 is 18.7. The summed E-state index contributed by atoms with van der Waals surface area (Å²) in [6.45, 7) is 6.53. The van der Waals surface area contributed by atoms with Crippen LogP contribution in [0, 0.1) is 17.7 Å². The summed E-state index contributed by atoms with van der Waals surface area (Å²) in [5.74, 6) is 0.874. The summed E-state index contributed by atoms with van der Waals surface area (Å²) in [5.41, 5.74) is 1.16. The Kier molecular flexibility index (Phi) is 4.44. The molecule has 1 heterocycles. The Hall–Kier alpha value is -0.410. The molecular formula is C15H20BrFO. The zero-order valence-electron chi connectivity index (χ0n) is 11.1. The van der Waals surface area contributed by atoms with Crippen molar-refractivity contribution in [1.29, 1.82) is 0 Å². The van der Waals surface area contributed by atoms with Gasteiger partial charge in [0.25, 0.3) is 0 Å². The highest BCUT2D eigenvalue weighted by Gasteiger charge is 2.40. The average molecular weight is 315 g/mol. The Labute approximate surface area is 117 Å². The van der Waals surface area contributed by atoms with E-state index in [9.17, 15) is 4.39 Å². The molecule has 3 heteroatoms. The normalized spacial score (nSPS) is 33.6. The van der Waals surface area contributed by atoms with Crippen LogP contribution in [-0.2, 0) is 11.2 Å². The number of ether oxygens (including phenoxy) is 1. The molecule has 0 amide bonds. The molecule has 0 aliphatic carbocycles. The van der Waals surface area contributed by atoms with Gasteiger partial charge in [-0.25, -0.2) is 4.39 Å². The lowest BCUT2D eigenvalue weighted by Gasteiger charge is -2.24. The van der Waals surface area contributed by atoms with E-state index >= 15 is 0 Å². The van der Waals surface area contributed by atoms with Crippen molar-refractivity contribution in [3.05, 3.63) is 35.6 Å². The molecule has 100 valence electrons. The van der Waals surface area contributed by atoms with Crippen molar-refractivity contribution in [3.63, 3.8) is 0 Å². The van der Waals surface area contributed by atoms with Crippen molar-refractivity contribution in [2.45, 2.75) is 44.2 Å². The monoisotopic (exact) mass is 314 g/mol. The standard InChI is InChI=1S/C15H20BrFO/c1-9-10(2)18-11(3)15(9)14(16)8-12-4-6-13(17)7-5-12/h4-7,9-11,14-15H,8H2,1-3H3. The van der Waals surface area contributed by atoms with Crippen LogP contribution in [0.15, 0.2) is 24.3 Å². The van der Waals surface area contributed by atoms with Crippen molar-refractivity contribution in [2.75, 3.05) is 0 Å². The van der Waals surface area contributed by atoms with E-state index < -0.39 is 0 Å². The van der Waals surface area contributed by atoms with Gasteiger partial charge < -0.3 is 4.74 Å². The van der Waals surface area contributed by atoms with Gasteiger partial charge in [0.05, 0.1) is 12.2 Å². The third kappa shape index (κ3) is 2.94. The van der Waals surface area contributed by atoms with Gasteiger partial charge in [-0.15, -0.1) is 0 Å². The summed E-state index contributed by atoms with van der Waals surface area (Å²) >= 11 is 3.79. The van der Waals surface area contributed by atoms with Crippen molar-refractivity contribution in [1.82, 2.24) is 0 Å². The molecule has 18 heavy (non-hydrogen) atoms. The molecule has 0 radical (unpaired) electrons. The van der Waals surface area contributed by atoms with Crippen LogP contribution in [0.3, 0.4) is 0 Å². The number of hydrogen-bond donors (Lipinski definition) is 0. The number of benzene rings is 1. The molecule has 1 aromatic carbocycles. The summed E-state index contributed by atoms with van der Waals surface area (Å²) in [5, 5.41) is 0. The van der Waals surface area contributed by atoms with Crippen LogP contribution in [0.2, 0.25) is 0 Å². The molecule has 5 atom stereocenters. The Morgan fingerprint density at radius 1 is 1.17 bits per heavy atom. The van der Waals surface area contributed by atoms with Gasteiger partial charge in [-0.3, -0.25) is 0 Å². The van der Waals surface area contributed by atoms with Gasteiger partial charge in [0.2, 0.25) is 0 Å². The Morgan fingerprint density at radius 3 is 2.28 bits per heavy atom. The first-order chi connectivity index (χ1) is 8.49. The molecule has 5 unspecified atom stereocenters. The number of alkyl halides is 1. The molecule has 0 bridgehead atoms. The number of hydrogen-bond acceptors (Lipinski definition) is 1. The predicted octanol–water partition coefficient (Wildman–Crippen LogP) is 4.19. The first-order valence-corrected chi connectivity index (χ1v) is 7.44. The number of halogens is 2. The summed E-state index contributed by atoms with van der Waals surface area (Å²) in [7, 11) is 0. The van der Waals surface area contributed by atoms with E-state index in [4.69, 9.17) is 4.74 Å². The van der Waals surface area contributed by atoms with Crippen LogP contribution in [-0.4, -0.2) is 17.0 Å². The maximum atomic E-state index is 12.9. The van der Waals surface area contributed by atoms with E-state index in [1.807, 2.05) is 12.1 Å². The fraction of sp³-hybridized carbons (Fsp3) is 0.600. The third-order valence-corrected chi connectivity index (χ3v) is 5.01. The highest BCUT2D eigenvalue weighted by Crippen LogP contribution is 2.38. The van der Waals surface area contributed by atoms with Gasteiger partial charge in [-0.2, -0.15) is 0 Å². The van der Waals surface area contributed by atoms with E-state index in [-0.39, 0.29) is 11.9 Å². The molecule has 0 aromatic heterocycles. The van der Waals surface area contributed by atoms with Gasteiger partial charge in [-0.1, -0.05) is 35.0 Å². The van der Waals surface area contributed by atoms with Crippen LogP contribution in [0.5, 0.6) is 0 Å². The first kappa shape index (κ1) is 14.0. The van der Waals surface area contributed by atoms with Crippen molar-refractivity contribution >= 4 is 15.9 Å². The summed E-state index contributed by atoms with van der Waals surface area (Å²) in [6.07, 6.45) is 1.51. The minimum Gasteiger partial charge on any atom is -0.375 e. The summed E-state index contributed by atoms with van der Waals surface area (Å²) in [4.78, 5) is 0.373. The highest BCUT2D eigenvalue weighted by atomic mass is 79.9. The molecule has 1 aliphatic rings. The molecule has 0 spiro atoms. The molecule has 1 aliphatic heterocycles. The average Bonchev–Trinajstić information content (AvgIpc) is 2.56.